The summed E-state index contributed by atoms with van der Waals surface area (Å²) in [6, 6.07) is 8.97. The van der Waals surface area contributed by atoms with Crippen molar-refractivity contribution in [3.63, 3.8) is 0 Å². The van der Waals surface area contributed by atoms with Gasteiger partial charge in [0.25, 0.3) is 0 Å². The molecule has 0 bridgehead atoms. The summed E-state index contributed by atoms with van der Waals surface area (Å²) in [6.07, 6.45) is 5.30. The maximum atomic E-state index is 13.4. The van der Waals surface area contributed by atoms with Crippen LogP contribution in [0, 0.1) is 25.1 Å². The standard InChI is InChI=1S/C13H9F/c1-3-11-12(14)8-7-10-6-4-5-9(2)13(10)11/h1,4-8H,2H3. The Morgan fingerprint density at radius 2 is 2.00 bits per heavy atom. The average molecular weight is 184 g/mol. The minimum absolute atomic E-state index is 0.325. The first kappa shape index (κ1) is 8.77. The van der Waals surface area contributed by atoms with Crippen LogP contribution in [0.5, 0.6) is 0 Å². The van der Waals surface area contributed by atoms with Gasteiger partial charge in [-0.15, -0.1) is 6.42 Å². The Balaban J connectivity index is 3.01. The van der Waals surface area contributed by atoms with Crippen LogP contribution in [0.4, 0.5) is 4.39 Å². The van der Waals surface area contributed by atoms with Crippen LogP contribution in [0.15, 0.2) is 30.3 Å². The Morgan fingerprint density at radius 3 is 2.71 bits per heavy atom. The molecule has 0 unspecified atom stereocenters. The summed E-state index contributed by atoms with van der Waals surface area (Å²) in [6.45, 7) is 1.93. The van der Waals surface area contributed by atoms with E-state index in [2.05, 4.69) is 5.92 Å². The Labute approximate surface area is 82.4 Å². The Hall–Kier alpha value is -1.81. The van der Waals surface area contributed by atoms with E-state index in [1.807, 2.05) is 25.1 Å². The van der Waals surface area contributed by atoms with Crippen molar-refractivity contribution in [3.05, 3.63) is 47.3 Å². The molecule has 0 heterocycles. The third-order valence-corrected chi connectivity index (χ3v) is 2.35. The van der Waals surface area contributed by atoms with Gasteiger partial charge >= 0.3 is 0 Å². The fraction of sp³-hybridized carbons (Fsp3) is 0.0769. The molecule has 2 rings (SSSR count). The summed E-state index contributed by atoms with van der Waals surface area (Å²) in [5, 5.41) is 1.83. The molecule has 0 aliphatic carbocycles. The minimum Gasteiger partial charge on any atom is -0.206 e. The third-order valence-electron chi connectivity index (χ3n) is 2.35. The van der Waals surface area contributed by atoms with E-state index in [-0.39, 0.29) is 5.82 Å². The first-order chi connectivity index (χ1) is 6.74. The molecule has 0 fully saturated rings. The van der Waals surface area contributed by atoms with Crippen LogP contribution in [0.1, 0.15) is 11.1 Å². The molecule has 0 aliphatic heterocycles. The number of halogens is 1. The number of rotatable bonds is 0. The molecule has 0 saturated carbocycles. The largest absolute Gasteiger partial charge is 0.206 e. The topological polar surface area (TPSA) is 0 Å². The van der Waals surface area contributed by atoms with Gasteiger partial charge in [-0.1, -0.05) is 30.2 Å². The summed E-state index contributed by atoms with van der Waals surface area (Å²) in [7, 11) is 0. The number of fused-ring (bicyclic) bond motifs is 1. The van der Waals surface area contributed by atoms with Crippen molar-refractivity contribution >= 4 is 10.8 Å². The molecule has 0 N–H and O–H groups in total. The van der Waals surface area contributed by atoms with Crippen LogP contribution < -0.4 is 0 Å². The van der Waals surface area contributed by atoms with E-state index >= 15 is 0 Å². The highest BCUT2D eigenvalue weighted by molar-refractivity contribution is 5.91. The van der Waals surface area contributed by atoms with Crippen LogP contribution in [-0.2, 0) is 0 Å². The highest BCUT2D eigenvalue weighted by atomic mass is 19.1. The number of hydrogen-bond acceptors (Lipinski definition) is 0. The first-order valence-corrected chi connectivity index (χ1v) is 4.38. The van der Waals surface area contributed by atoms with Gasteiger partial charge in [0.1, 0.15) is 5.82 Å². The molecule has 0 atom stereocenters. The Bertz CT molecular complexity index is 533. The van der Waals surface area contributed by atoms with Gasteiger partial charge in [0.05, 0.1) is 5.56 Å². The maximum Gasteiger partial charge on any atom is 0.139 e. The van der Waals surface area contributed by atoms with Gasteiger partial charge in [-0.05, 0) is 23.9 Å². The van der Waals surface area contributed by atoms with E-state index in [1.165, 1.54) is 6.07 Å². The minimum atomic E-state index is -0.325. The normalized spacial score (nSPS) is 10.1. The van der Waals surface area contributed by atoms with E-state index in [9.17, 15) is 4.39 Å². The van der Waals surface area contributed by atoms with E-state index < -0.39 is 0 Å². The number of hydrogen-bond donors (Lipinski definition) is 0. The van der Waals surface area contributed by atoms with Crippen molar-refractivity contribution in [1.29, 1.82) is 0 Å². The van der Waals surface area contributed by atoms with Crippen molar-refractivity contribution in [2.24, 2.45) is 0 Å². The van der Waals surface area contributed by atoms with Gasteiger partial charge in [0.15, 0.2) is 0 Å². The van der Waals surface area contributed by atoms with E-state index in [1.54, 1.807) is 6.07 Å². The molecular formula is C13H9F. The molecule has 1 heteroatoms. The predicted octanol–water partition coefficient (Wildman–Crippen LogP) is 3.27. The summed E-state index contributed by atoms with van der Waals surface area (Å²) < 4.78 is 13.4. The zero-order chi connectivity index (χ0) is 10.1. The first-order valence-electron chi connectivity index (χ1n) is 4.38. The van der Waals surface area contributed by atoms with Gasteiger partial charge in [-0.25, -0.2) is 4.39 Å². The highest BCUT2D eigenvalue weighted by Crippen LogP contribution is 2.24. The molecule has 0 spiro atoms. The molecular weight excluding hydrogens is 175 g/mol. The van der Waals surface area contributed by atoms with Crippen LogP contribution in [0.3, 0.4) is 0 Å². The second kappa shape index (κ2) is 3.16. The summed E-state index contributed by atoms with van der Waals surface area (Å²) in [4.78, 5) is 0. The molecule has 0 nitrogen and oxygen atoms in total. The zero-order valence-corrected chi connectivity index (χ0v) is 7.84. The number of terminal acetylenes is 1. The molecule has 14 heavy (non-hydrogen) atoms. The molecule has 2 aromatic rings. The lowest BCUT2D eigenvalue weighted by molar-refractivity contribution is 0.626. The van der Waals surface area contributed by atoms with Gasteiger partial charge in [-0.2, -0.15) is 0 Å². The van der Waals surface area contributed by atoms with Gasteiger partial charge < -0.3 is 0 Å². The van der Waals surface area contributed by atoms with Crippen LogP contribution in [0.25, 0.3) is 10.8 Å². The third kappa shape index (κ3) is 1.16. The quantitative estimate of drug-likeness (QED) is 0.551. The average Bonchev–Trinajstić information content (AvgIpc) is 2.19. The Kier molecular flexibility index (Phi) is 1.98. The highest BCUT2D eigenvalue weighted by Gasteiger charge is 2.06. The van der Waals surface area contributed by atoms with Crippen molar-refractivity contribution in [1.82, 2.24) is 0 Å². The predicted molar refractivity (Wildman–Crippen MR) is 56.6 cm³/mol. The van der Waals surface area contributed by atoms with Crippen LogP contribution >= 0.6 is 0 Å². The molecule has 0 aliphatic rings. The molecule has 0 amide bonds. The van der Waals surface area contributed by atoms with Crippen molar-refractivity contribution in [2.75, 3.05) is 0 Å². The van der Waals surface area contributed by atoms with Crippen molar-refractivity contribution in [3.8, 4) is 12.3 Å². The van der Waals surface area contributed by atoms with Gasteiger partial charge in [0, 0.05) is 5.39 Å². The molecule has 0 saturated heterocycles. The lowest BCUT2D eigenvalue weighted by Gasteiger charge is -2.05. The second-order valence-electron chi connectivity index (χ2n) is 3.24. The number of aryl methyl sites for hydroxylation is 1. The monoisotopic (exact) mass is 184 g/mol. The van der Waals surface area contributed by atoms with Gasteiger partial charge in [0.2, 0.25) is 0 Å². The maximum absolute atomic E-state index is 13.4. The SMILES string of the molecule is C#Cc1c(F)ccc2cccc(C)c12. The summed E-state index contributed by atoms with van der Waals surface area (Å²) in [5.41, 5.74) is 1.37. The fourth-order valence-electron chi connectivity index (χ4n) is 1.68. The van der Waals surface area contributed by atoms with Crippen molar-refractivity contribution in [2.45, 2.75) is 6.92 Å². The summed E-state index contributed by atoms with van der Waals surface area (Å²) >= 11 is 0. The second-order valence-corrected chi connectivity index (χ2v) is 3.24. The van der Waals surface area contributed by atoms with E-state index in [0.29, 0.717) is 5.56 Å². The number of benzene rings is 2. The van der Waals surface area contributed by atoms with Gasteiger partial charge in [-0.3, -0.25) is 0 Å². The lowest BCUT2D eigenvalue weighted by atomic mass is 10.00. The smallest absolute Gasteiger partial charge is 0.139 e. The van der Waals surface area contributed by atoms with E-state index in [4.69, 9.17) is 6.42 Å². The molecule has 68 valence electrons. The summed E-state index contributed by atoms with van der Waals surface area (Å²) in [5.74, 6) is 2.08. The van der Waals surface area contributed by atoms with Crippen LogP contribution in [0.2, 0.25) is 0 Å². The molecule has 0 aromatic heterocycles. The van der Waals surface area contributed by atoms with Crippen LogP contribution in [-0.4, -0.2) is 0 Å². The fourth-order valence-corrected chi connectivity index (χ4v) is 1.68. The Morgan fingerprint density at radius 1 is 1.21 bits per heavy atom. The zero-order valence-electron chi connectivity index (χ0n) is 7.84. The lowest BCUT2D eigenvalue weighted by Crippen LogP contribution is -1.88. The van der Waals surface area contributed by atoms with Crippen molar-refractivity contribution < 1.29 is 4.39 Å². The molecule has 0 radical (unpaired) electrons. The van der Waals surface area contributed by atoms with E-state index in [0.717, 1.165) is 16.3 Å². The molecule has 2 aromatic carbocycles.